The number of carbonyl (C=O) groups is 1. The highest BCUT2D eigenvalue weighted by Crippen LogP contribution is 2.41. The zero-order chi connectivity index (χ0) is 13.9. The number of aromatic carboxylic acids is 1. The molecule has 1 aliphatic carbocycles. The predicted molar refractivity (Wildman–Crippen MR) is 77.8 cm³/mol. The van der Waals surface area contributed by atoms with Crippen LogP contribution in [0.3, 0.4) is 0 Å². The van der Waals surface area contributed by atoms with Gasteiger partial charge in [-0.1, -0.05) is 19.8 Å². The lowest BCUT2D eigenvalue weighted by Gasteiger charge is -2.28. The summed E-state index contributed by atoms with van der Waals surface area (Å²) in [6.07, 6.45) is 6.51. The number of carboxylic acid groups (broad SMARTS) is 1. The van der Waals surface area contributed by atoms with E-state index in [2.05, 4.69) is 12.2 Å². The first-order valence-electron chi connectivity index (χ1n) is 7.14. The van der Waals surface area contributed by atoms with Gasteiger partial charge in [0.05, 0.1) is 5.56 Å². The summed E-state index contributed by atoms with van der Waals surface area (Å²) in [4.78, 5) is 10.9. The minimum absolute atomic E-state index is 0.356. The van der Waals surface area contributed by atoms with E-state index in [1.54, 1.807) is 12.1 Å². The number of benzene rings is 1. The van der Waals surface area contributed by atoms with E-state index in [1.807, 2.05) is 13.0 Å². The molecule has 0 atom stereocenters. The first kappa shape index (κ1) is 13.9. The highest BCUT2D eigenvalue weighted by Gasteiger charge is 2.31. The van der Waals surface area contributed by atoms with Crippen molar-refractivity contribution in [3.63, 3.8) is 0 Å². The van der Waals surface area contributed by atoms with Crippen LogP contribution in [0, 0.1) is 12.3 Å². The fourth-order valence-corrected chi connectivity index (χ4v) is 3.06. The summed E-state index contributed by atoms with van der Waals surface area (Å²) in [7, 11) is 0. The summed E-state index contributed by atoms with van der Waals surface area (Å²) in [6.45, 7) is 5.23. The minimum Gasteiger partial charge on any atom is -0.478 e. The molecule has 1 aromatic rings. The number of hydrogen-bond acceptors (Lipinski definition) is 2. The van der Waals surface area contributed by atoms with Crippen molar-refractivity contribution in [2.45, 2.75) is 46.0 Å². The van der Waals surface area contributed by atoms with Gasteiger partial charge in [0.2, 0.25) is 0 Å². The molecule has 0 amide bonds. The molecule has 0 unspecified atom stereocenters. The second-order valence-corrected chi connectivity index (χ2v) is 5.75. The van der Waals surface area contributed by atoms with Crippen LogP contribution < -0.4 is 5.32 Å². The van der Waals surface area contributed by atoms with Crippen LogP contribution in [0.15, 0.2) is 18.2 Å². The molecule has 0 saturated heterocycles. The lowest BCUT2D eigenvalue weighted by atomic mass is 9.83. The number of aryl methyl sites for hydroxylation is 1. The summed E-state index contributed by atoms with van der Waals surface area (Å²) in [5, 5.41) is 12.5. The maximum Gasteiger partial charge on any atom is 0.335 e. The normalized spacial score (nSPS) is 17.4. The molecule has 0 heterocycles. The van der Waals surface area contributed by atoms with Crippen LogP contribution in [0.1, 0.15) is 54.9 Å². The standard InChI is InChI=1S/C16H23NO2/c1-3-16(8-4-5-9-16)11-17-14-7-6-13(15(18)19)10-12(14)2/h6-7,10,17H,3-5,8-9,11H2,1-2H3,(H,18,19). The minimum atomic E-state index is -0.865. The highest BCUT2D eigenvalue weighted by molar-refractivity contribution is 5.88. The van der Waals surface area contributed by atoms with Gasteiger partial charge < -0.3 is 10.4 Å². The van der Waals surface area contributed by atoms with Gasteiger partial charge in [0.25, 0.3) is 0 Å². The molecule has 0 spiro atoms. The van der Waals surface area contributed by atoms with E-state index in [0.29, 0.717) is 11.0 Å². The molecule has 0 aliphatic heterocycles. The molecule has 0 bridgehead atoms. The van der Waals surface area contributed by atoms with Crippen LogP contribution >= 0.6 is 0 Å². The van der Waals surface area contributed by atoms with E-state index in [0.717, 1.165) is 17.8 Å². The van der Waals surface area contributed by atoms with Gasteiger partial charge in [-0.05, 0) is 55.4 Å². The van der Waals surface area contributed by atoms with Gasteiger partial charge in [0, 0.05) is 12.2 Å². The van der Waals surface area contributed by atoms with Crippen molar-refractivity contribution < 1.29 is 9.90 Å². The van der Waals surface area contributed by atoms with Crippen molar-refractivity contribution in [2.75, 3.05) is 11.9 Å². The third-order valence-corrected chi connectivity index (χ3v) is 4.54. The first-order valence-corrected chi connectivity index (χ1v) is 7.14. The van der Waals surface area contributed by atoms with E-state index in [9.17, 15) is 4.79 Å². The SMILES string of the molecule is CCC1(CNc2ccc(C(=O)O)cc2C)CCCC1. The first-order chi connectivity index (χ1) is 9.06. The van der Waals surface area contributed by atoms with Crippen LogP contribution in [0.5, 0.6) is 0 Å². The second-order valence-electron chi connectivity index (χ2n) is 5.75. The van der Waals surface area contributed by atoms with E-state index in [4.69, 9.17) is 5.11 Å². The average Bonchev–Trinajstić information content (AvgIpc) is 2.86. The fraction of sp³-hybridized carbons (Fsp3) is 0.562. The van der Waals surface area contributed by atoms with Crippen molar-refractivity contribution in [1.82, 2.24) is 0 Å². The lowest BCUT2D eigenvalue weighted by molar-refractivity contribution is 0.0697. The van der Waals surface area contributed by atoms with Crippen molar-refractivity contribution in [3.05, 3.63) is 29.3 Å². The quantitative estimate of drug-likeness (QED) is 0.839. The molecule has 3 heteroatoms. The Kier molecular flexibility index (Phi) is 4.13. The number of anilines is 1. The zero-order valence-electron chi connectivity index (χ0n) is 11.8. The smallest absolute Gasteiger partial charge is 0.335 e. The average molecular weight is 261 g/mol. The van der Waals surface area contributed by atoms with Gasteiger partial charge in [0.15, 0.2) is 0 Å². The van der Waals surface area contributed by atoms with E-state index in [1.165, 1.54) is 32.1 Å². The molecule has 3 nitrogen and oxygen atoms in total. The summed E-state index contributed by atoms with van der Waals surface area (Å²) in [5.74, 6) is -0.865. The Morgan fingerprint density at radius 3 is 2.58 bits per heavy atom. The van der Waals surface area contributed by atoms with Crippen LogP contribution in [0.25, 0.3) is 0 Å². The van der Waals surface area contributed by atoms with Gasteiger partial charge in [-0.2, -0.15) is 0 Å². The zero-order valence-corrected chi connectivity index (χ0v) is 11.8. The largest absolute Gasteiger partial charge is 0.478 e. The molecule has 0 radical (unpaired) electrons. The third kappa shape index (κ3) is 3.09. The van der Waals surface area contributed by atoms with Crippen LogP contribution in [0.2, 0.25) is 0 Å². The summed E-state index contributed by atoms with van der Waals surface area (Å²) in [6, 6.07) is 5.29. The Labute approximate surface area is 115 Å². The van der Waals surface area contributed by atoms with Gasteiger partial charge in [-0.25, -0.2) is 4.79 Å². The molecule has 104 valence electrons. The molecule has 0 aromatic heterocycles. The highest BCUT2D eigenvalue weighted by atomic mass is 16.4. The Morgan fingerprint density at radius 1 is 1.37 bits per heavy atom. The summed E-state index contributed by atoms with van der Waals surface area (Å²) < 4.78 is 0. The van der Waals surface area contributed by atoms with Crippen molar-refractivity contribution in [3.8, 4) is 0 Å². The van der Waals surface area contributed by atoms with E-state index in [-0.39, 0.29) is 0 Å². The Balaban J connectivity index is 2.05. The molecule has 19 heavy (non-hydrogen) atoms. The van der Waals surface area contributed by atoms with E-state index < -0.39 is 5.97 Å². The molecule has 1 fully saturated rings. The Bertz CT molecular complexity index is 462. The maximum absolute atomic E-state index is 10.9. The third-order valence-electron chi connectivity index (χ3n) is 4.54. The van der Waals surface area contributed by atoms with Crippen LogP contribution in [0.4, 0.5) is 5.69 Å². The van der Waals surface area contributed by atoms with E-state index >= 15 is 0 Å². The van der Waals surface area contributed by atoms with Gasteiger partial charge in [-0.3, -0.25) is 0 Å². The summed E-state index contributed by atoms with van der Waals surface area (Å²) >= 11 is 0. The number of hydrogen-bond donors (Lipinski definition) is 2. The Morgan fingerprint density at radius 2 is 2.05 bits per heavy atom. The van der Waals surface area contributed by atoms with Crippen LogP contribution in [-0.4, -0.2) is 17.6 Å². The molecule has 1 aliphatic rings. The maximum atomic E-state index is 10.9. The predicted octanol–water partition coefficient (Wildman–Crippen LogP) is 4.08. The van der Waals surface area contributed by atoms with Gasteiger partial charge >= 0.3 is 5.97 Å². The second kappa shape index (κ2) is 5.64. The molecular weight excluding hydrogens is 238 g/mol. The molecular formula is C16H23NO2. The topological polar surface area (TPSA) is 49.3 Å². The monoisotopic (exact) mass is 261 g/mol. The molecule has 1 aromatic carbocycles. The van der Waals surface area contributed by atoms with Crippen molar-refractivity contribution in [2.24, 2.45) is 5.41 Å². The number of rotatable bonds is 5. The lowest BCUT2D eigenvalue weighted by Crippen LogP contribution is -2.26. The van der Waals surface area contributed by atoms with Gasteiger partial charge in [-0.15, -0.1) is 0 Å². The fourth-order valence-electron chi connectivity index (χ4n) is 3.06. The van der Waals surface area contributed by atoms with Crippen molar-refractivity contribution in [1.29, 1.82) is 0 Å². The molecule has 1 saturated carbocycles. The Hall–Kier alpha value is -1.51. The van der Waals surface area contributed by atoms with Gasteiger partial charge in [0.1, 0.15) is 0 Å². The number of nitrogens with one attached hydrogen (secondary N) is 1. The molecule has 2 rings (SSSR count). The van der Waals surface area contributed by atoms with Crippen molar-refractivity contribution >= 4 is 11.7 Å². The summed E-state index contributed by atoms with van der Waals surface area (Å²) in [5.41, 5.74) is 2.86. The molecule has 2 N–H and O–H groups in total. The van der Waals surface area contributed by atoms with Crippen LogP contribution in [-0.2, 0) is 0 Å². The number of carboxylic acids is 1.